The minimum absolute atomic E-state index is 0.0160. The van der Waals surface area contributed by atoms with Gasteiger partial charge in [-0.25, -0.2) is 8.42 Å². The van der Waals surface area contributed by atoms with Crippen LogP contribution in [-0.2, 0) is 9.05 Å². The molecular weight excluding hydrogens is 310 g/mol. The van der Waals surface area contributed by atoms with E-state index in [2.05, 4.69) is 12.2 Å². The number of halogens is 1. The van der Waals surface area contributed by atoms with Gasteiger partial charge < -0.3 is 5.32 Å². The van der Waals surface area contributed by atoms with Gasteiger partial charge in [-0.1, -0.05) is 13.3 Å². The molecule has 1 aliphatic rings. The summed E-state index contributed by atoms with van der Waals surface area (Å²) in [6.07, 6.45) is 4.61. The first-order chi connectivity index (χ1) is 9.77. The van der Waals surface area contributed by atoms with Crippen molar-refractivity contribution in [2.24, 2.45) is 5.41 Å². The van der Waals surface area contributed by atoms with E-state index in [1.165, 1.54) is 24.6 Å². The first-order valence-electron chi connectivity index (χ1n) is 7.11. The van der Waals surface area contributed by atoms with Crippen molar-refractivity contribution in [1.82, 2.24) is 5.32 Å². The molecule has 0 heterocycles. The minimum atomic E-state index is -3.76. The highest BCUT2D eigenvalue weighted by atomic mass is 35.7. The zero-order valence-electron chi connectivity index (χ0n) is 12.3. The fourth-order valence-corrected chi connectivity index (χ4v) is 3.57. The zero-order chi connectivity index (χ0) is 15.7. The van der Waals surface area contributed by atoms with Gasteiger partial charge in [0, 0.05) is 22.8 Å². The molecular formula is C15H20ClNO3S. The van der Waals surface area contributed by atoms with Crippen LogP contribution < -0.4 is 5.32 Å². The quantitative estimate of drug-likeness (QED) is 0.843. The van der Waals surface area contributed by atoms with Crippen LogP contribution in [0.1, 0.15) is 48.5 Å². The largest absolute Gasteiger partial charge is 0.351 e. The van der Waals surface area contributed by atoms with Gasteiger partial charge in [-0.2, -0.15) is 0 Å². The lowest BCUT2D eigenvalue weighted by Gasteiger charge is -2.41. The number of nitrogens with one attached hydrogen (secondary N) is 1. The summed E-state index contributed by atoms with van der Waals surface area (Å²) in [7, 11) is 1.54. The van der Waals surface area contributed by atoms with Crippen LogP contribution in [0, 0.1) is 12.3 Å². The van der Waals surface area contributed by atoms with Crippen LogP contribution in [0.15, 0.2) is 23.1 Å². The van der Waals surface area contributed by atoms with Gasteiger partial charge in [0.15, 0.2) is 0 Å². The highest BCUT2D eigenvalue weighted by Crippen LogP contribution is 2.43. The molecule has 6 heteroatoms. The summed E-state index contributed by atoms with van der Waals surface area (Å²) < 4.78 is 22.5. The Kier molecular flexibility index (Phi) is 4.63. The number of hydrogen-bond donors (Lipinski definition) is 1. The van der Waals surface area contributed by atoms with Gasteiger partial charge >= 0.3 is 0 Å². The summed E-state index contributed by atoms with van der Waals surface area (Å²) in [5.74, 6) is -0.161. The van der Waals surface area contributed by atoms with Gasteiger partial charge in [-0.3, -0.25) is 4.79 Å². The lowest BCUT2D eigenvalue weighted by molar-refractivity contribution is 0.0849. The summed E-state index contributed by atoms with van der Waals surface area (Å²) >= 11 is 0. The summed E-state index contributed by atoms with van der Waals surface area (Å²) in [6.45, 7) is 4.54. The fraction of sp³-hybridized carbons (Fsp3) is 0.533. The normalized spacial score (nSPS) is 17.1. The van der Waals surface area contributed by atoms with Crippen molar-refractivity contribution in [3.05, 3.63) is 29.3 Å². The second-order valence-corrected chi connectivity index (χ2v) is 8.37. The molecule has 0 aliphatic heterocycles. The van der Waals surface area contributed by atoms with Crippen LogP contribution in [0.5, 0.6) is 0 Å². The molecule has 1 aromatic rings. The molecule has 0 unspecified atom stereocenters. The molecule has 21 heavy (non-hydrogen) atoms. The number of amides is 1. The van der Waals surface area contributed by atoms with E-state index in [-0.39, 0.29) is 16.2 Å². The predicted octanol–water partition coefficient (Wildman–Crippen LogP) is 3.23. The Balaban J connectivity index is 2.09. The number of carbonyl (C=O) groups is 1. The van der Waals surface area contributed by atoms with Gasteiger partial charge in [0.25, 0.3) is 15.0 Å². The third kappa shape index (κ3) is 3.58. The monoisotopic (exact) mass is 329 g/mol. The van der Waals surface area contributed by atoms with E-state index in [4.69, 9.17) is 10.7 Å². The second-order valence-electron chi connectivity index (χ2n) is 5.80. The molecule has 1 N–H and O–H groups in total. The Bertz CT molecular complexity index is 645. The van der Waals surface area contributed by atoms with E-state index in [1.54, 1.807) is 6.92 Å². The van der Waals surface area contributed by atoms with Crippen LogP contribution in [0.4, 0.5) is 0 Å². The molecule has 116 valence electrons. The first-order valence-corrected chi connectivity index (χ1v) is 9.42. The maximum atomic E-state index is 12.2. The third-order valence-electron chi connectivity index (χ3n) is 4.51. The van der Waals surface area contributed by atoms with Crippen molar-refractivity contribution >= 4 is 25.6 Å². The maximum Gasteiger partial charge on any atom is 0.261 e. The average molecular weight is 330 g/mol. The molecule has 2 rings (SSSR count). The highest BCUT2D eigenvalue weighted by Gasteiger charge is 2.35. The van der Waals surface area contributed by atoms with E-state index in [9.17, 15) is 13.2 Å². The van der Waals surface area contributed by atoms with Gasteiger partial charge in [0.1, 0.15) is 0 Å². The topological polar surface area (TPSA) is 63.2 Å². The summed E-state index contributed by atoms with van der Waals surface area (Å²) in [4.78, 5) is 12.3. The molecule has 1 aliphatic carbocycles. The molecule has 4 nitrogen and oxygen atoms in total. The van der Waals surface area contributed by atoms with E-state index in [1.807, 2.05) is 0 Å². The number of rotatable bonds is 5. The van der Waals surface area contributed by atoms with Crippen LogP contribution in [0.25, 0.3) is 0 Å². The molecule has 0 aromatic heterocycles. The third-order valence-corrected chi connectivity index (χ3v) is 5.86. The Morgan fingerprint density at radius 1 is 1.38 bits per heavy atom. The lowest BCUT2D eigenvalue weighted by atomic mass is 9.67. The van der Waals surface area contributed by atoms with Crippen LogP contribution in [0.2, 0.25) is 0 Å². The molecule has 1 saturated carbocycles. The van der Waals surface area contributed by atoms with Gasteiger partial charge in [-0.15, -0.1) is 0 Å². The van der Waals surface area contributed by atoms with Gasteiger partial charge in [0.2, 0.25) is 0 Å². The molecule has 1 amide bonds. The zero-order valence-corrected chi connectivity index (χ0v) is 13.9. The average Bonchev–Trinajstić information content (AvgIpc) is 2.36. The maximum absolute atomic E-state index is 12.2. The van der Waals surface area contributed by atoms with E-state index < -0.39 is 9.05 Å². The molecule has 1 fully saturated rings. The van der Waals surface area contributed by atoms with Crippen molar-refractivity contribution in [2.75, 3.05) is 6.54 Å². The Labute approximate surface area is 130 Å². The van der Waals surface area contributed by atoms with Crippen molar-refractivity contribution in [3.8, 4) is 0 Å². The molecule has 1 aromatic carbocycles. The number of carbonyl (C=O) groups excluding carboxylic acids is 1. The molecule has 0 bridgehead atoms. The summed E-state index contributed by atoms with van der Waals surface area (Å²) in [6, 6.07) is 4.30. The smallest absolute Gasteiger partial charge is 0.261 e. The number of aryl methyl sites for hydroxylation is 1. The minimum Gasteiger partial charge on any atom is -0.351 e. The first kappa shape index (κ1) is 16.3. The van der Waals surface area contributed by atoms with Crippen LogP contribution >= 0.6 is 10.7 Å². The van der Waals surface area contributed by atoms with Crippen LogP contribution in [-0.4, -0.2) is 20.9 Å². The lowest BCUT2D eigenvalue weighted by Crippen LogP contribution is -2.41. The van der Waals surface area contributed by atoms with E-state index in [0.717, 1.165) is 19.3 Å². The van der Waals surface area contributed by atoms with Crippen molar-refractivity contribution < 1.29 is 13.2 Å². The molecule has 0 spiro atoms. The van der Waals surface area contributed by atoms with Crippen molar-refractivity contribution in [1.29, 1.82) is 0 Å². The number of hydrogen-bond acceptors (Lipinski definition) is 3. The predicted molar refractivity (Wildman–Crippen MR) is 83.1 cm³/mol. The summed E-state index contributed by atoms with van der Waals surface area (Å²) in [5, 5.41) is 2.97. The van der Waals surface area contributed by atoms with E-state index >= 15 is 0 Å². The molecule has 0 atom stereocenters. The Morgan fingerprint density at radius 3 is 2.48 bits per heavy atom. The Morgan fingerprint density at radius 2 is 2.05 bits per heavy atom. The van der Waals surface area contributed by atoms with Crippen LogP contribution in [0.3, 0.4) is 0 Å². The highest BCUT2D eigenvalue weighted by molar-refractivity contribution is 8.13. The second kappa shape index (κ2) is 5.97. The summed E-state index contributed by atoms with van der Waals surface area (Å²) in [5.41, 5.74) is 1.35. The molecule has 0 saturated heterocycles. The number of benzene rings is 1. The van der Waals surface area contributed by atoms with E-state index in [0.29, 0.717) is 17.7 Å². The standard InChI is InChI=1S/C15H20ClNO3S/c1-3-15(7-4-8-15)10-17-14(18)13-6-5-12(9-11(13)2)21(16,19)20/h5-6,9H,3-4,7-8,10H2,1-2H3,(H,17,18). The molecule has 0 radical (unpaired) electrons. The fourth-order valence-electron chi connectivity index (χ4n) is 2.74. The Hall–Kier alpha value is -1.07. The SMILES string of the molecule is CCC1(CNC(=O)c2ccc(S(=O)(=O)Cl)cc2C)CCC1. The van der Waals surface area contributed by atoms with Crippen molar-refractivity contribution in [3.63, 3.8) is 0 Å². The van der Waals surface area contributed by atoms with Gasteiger partial charge in [-0.05, 0) is 55.4 Å². The van der Waals surface area contributed by atoms with Gasteiger partial charge in [0.05, 0.1) is 4.90 Å². The van der Waals surface area contributed by atoms with Crippen molar-refractivity contribution in [2.45, 2.75) is 44.4 Å².